The van der Waals surface area contributed by atoms with Gasteiger partial charge in [-0.05, 0) is 6.07 Å². The van der Waals surface area contributed by atoms with Crippen LogP contribution in [0, 0.1) is 0 Å². The SMILES string of the molecule is CN(CCC(F)(F)F)c1ccnc(NN)n1. The summed E-state index contributed by atoms with van der Waals surface area (Å²) in [5.74, 6) is 5.63. The number of nitrogens with one attached hydrogen (secondary N) is 1. The van der Waals surface area contributed by atoms with Gasteiger partial charge in [-0.1, -0.05) is 0 Å². The second-order valence-electron chi connectivity index (χ2n) is 3.17. The van der Waals surface area contributed by atoms with Crippen LogP contribution in [0.25, 0.3) is 0 Å². The van der Waals surface area contributed by atoms with Crippen molar-refractivity contribution in [1.29, 1.82) is 0 Å². The summed E-state index contributed by atoms with van der Waals surface area (Å²) in [4.78, 5) is 9.04. The van der Waals surface area contributed by atoms with Crippen molar-refractivity contribution >= 4 is 11.8 Å². The lowest BCUT2D eigenvalue weighted by molar-refractivity contribution is -0.132. The number of halogens is 3. The van der Waals surface area contributed by atoms with Crippen LogP contribution in [0.1, 0.15) is 6.42 Å². The molecule has 0 aliphatic rings. The lowest BCUT2D eigenvalue weighted by atomic mass is 10.4. The highest BCUT2D eigenvalue weighted by Gasteiger charge is 2.27. The number of anilines is 2. The average Bonchev–Trinajstić information content (AvgIpc) is 2.25. The quantitative estimate of drug-likeness (QED) is 0.605. The summed E-state index contributed by atoms with van der Waals surface area (Å²) in [5, 5.41) is 0. The van der Waals surface area contributed by atoms with Gasteiger partial charge in [0.25, 0.3) is 0 Å². The topological polar surface area (TPSA) is 67.1 Å². The molecule has 0 atom stereocenters. The van der Waals surface area contributed by atoms with Crippen LogP contribution < -0.4 is 16.2 Å². The van der Waals surface area contributed by atoms with Crippen LogP contribution in [0.4, 0.5) is 24.9 Å². The van der Waals surface area contributed by atoms with Crippen LogP contribution in [0.5, 0.6) is 0 Å². The Labute approximate surface area is 90.4 Å². The molecule has 0 aliphatic heterocycles. The van der Waals surface area contributed by atoms with E-state index in [0.717, 1.165) is 0 Å². The van der Waals surface area contributed by atoms with Gasteiger partial charge in [0.05, 0.1) is 6.42 Å². The maximum atomic E-state index is 12.0. The molecular weight excluding hydrogens is 223 g/mol. The second-order valence-corrected chi connectivity index (χ2v) is 3.17. The number of alkyl halides is 3. The van der Waals surface area contributed by atoms with E-state index in [1.807, 2.05) is 0 Å². The molecule has 0 saturated heterocycles. The number of nitrogen functional groups attached to an aromatic ring is 1. The summed E-state index contributed by atoms with van der Waals surface area (Å²) in [5.41, 5.74) is 2.22. The summed E-state index contributed by atoms with van der Waals surface area (Å²) in [7, 11) is 1.52. The summed E-state index contributed by atoms with van der Waals surface area (Å²) in [6.07, 6.45) is -3.64. The molecule has 0 aromatic carbocycles. The first-order valence-electron chi connectivity index (χ1n) is 4.50. The lowest BCUT2D eigenvalue weighted by Gasteiger charge is -2.19. The number of nitrogens with zero attached hydrogens (tertiary/aromatic N) is 3. The third-order valence-electron chi connectivity index (χ3n) is 1.89. The van der Waals surface area contributed by atoms with Crippen molar-refractivity contribution in [2.24, 2.45) is 5.84 Å². The molecule has 1 rings (SSSR count). The van der Waals surface area contributed by atoms with Crippen molar-refractivity contribution in [3.8, 4) is 0 Å². The minimum Gasteiger partial charge on any atom is -0.359 e. The van der Waals surface area contributed by atoms with Gasteiger partial charge in [0.2, 0.25) is 5.95 Å². The van der Waals surface area contributed by atoms with Crippen molar-refractivity contribution in [2.45, 2.75) is 12.6 Å². The van der Waals surface area contributed by atoms with Crippen LogP contribution in [0.2, 0.25) is 0 Å². The van der Waals surface area contributed by atoms with Crippen LogP contribution in [-0.2, 0) is 0 Å². The first-order chi connectivity index (χ1) is 7.42. The molecule has 3 N–H and O–H groups in total. The van der Waals surface area contributed by atoms with E-state index >= 15 is 0 Å². The zero-order chi connectivity index (χ0) is 12.2. The molecule has 0 amide bonds. The Kier molecular flexibility index (Phi) is 3.88. The van der Waals surface area contributed by atoms with E-state index < -0.39 is 12.6 Å². The predicted octanol–water partition coefficient (Wildman–Crippen LogP) is 1.15. The maximum Gasteiger partial charge on any atom is 0.390 e. The van der Waals surface area contributed by atoms with Gasteiger partial charge in [0, 0.05) is 19.8 Å². The Morgan fingerprint density at radius 3 is 2.75 bits per heavy atom. The van der Waals surface area contributed by atoms with E-state index in [2.05, 4.69) is 15.4 Å². The van der Waals surface area contributed by atoms with E-state index in [-0.39, 0.29) is 12.5 Å². The zero-order valence-electron chi connectivity index (χ0n) is 8.62. The number of hydrogen-bond donors (Lipinski definition) is 2. The minimum absolute atomic E-state index is 0.162. The average molecular weight is 235 g/mol. The van der Waals surface area contributed by atoms with Gasteiger partial charge in [-0.3, -0.25) is 5.43 Å². The van der Waals surface area contributed by atoms with Gasteiger partial charge in [0.1, 0.15) is 5.82 Å². The van der Waals surface area contributed by atoms with Gasteiger partial charge in [-0.2, -0.15) is 18.2 Å². The molecule has 0 unspecified atom stereocenters. The van der Waals surface area contributed by atoms with Crippen LogP contribution >= 0.6 is 0 Å². The zero-order valence-corrected chi connectivity index (χ0v) is 8.62. The Bertz CT molecular complexity index is 341. The fourth-order valence-electron chi connectivity index (χ4n) is 1.04. The van der Waals surface area contributed by atoms with E-state index in [0.29, 0.717) is 5.82 Å². The summed E-state index contributed by atoms with van der Waals surface area (Å²) >= 11 is 0. The molecule has 0 bridgehead atoms. The van der Waals surface area contributed by atoms with Crippen molar-refractivity contribution in [3.63, 3.8) is 0 Å². The highest BCUT2D eigenvalue weighted by atomic mass is 19.4. The van der Waals surface area contributed by atoms with Crippen molar-refractivity contribution in [3.05, 3.63) is 12.3 Å². The number of nitrogens with two attached hydrogens (primary N) is 1. The van der Waals surface area contributed by atoms with Crippen LogP contribution in [0.3, 0.4) is 0 Å². The predicted molar refractivity (Wildman–Crippen MR) is 53.8 cm³/mol. The molecule has 0 spiro atoms. The second kappa shape index (κ2) is 4.97. The Balaban J connectivity index is 2.62. The first-order valence-corrected chi connectivity index (χ1v) is 4.50. The third-order valence-corrected chi connectivity index (χ3v) is 1.89. The number of aromatic nitrogens is 2. The fourth-order valence-corrected chi connectivity index (χ4v) is 1.04. The number of hydrazine groups is 1. The molecule has 0 fully saturated rings. The normalized spacial score (nSPS) is 11.3. The molecule has 1 aromatic rings. The Hall–Kier alpha value is -1.57. The highest BCUT2D eigenvalue weighted by Crippen LogP contribution is 2.20. The molecule has 1 aromatic heterocycles. The van der Waals surface area contributed by atoms with Gasteiger partial charge in [-0.15, -0.1) is 0 Å². The monoisotopic (exact) mass is 235 g/mol. The number of hydrogen-bond acceptors (Lipinski definition) is 5. The smallest absolute Gasteiger partial charge is 0.359 e. The van der Waals surface area contributed by atoms with Crippen molar-refractivity contribution in [2.75, 3.05) is 23.9 Å². The third kappa shape index (κ3) is 3.89. The van der Waals surface area contributed by atoms with E-state index in [9.17, 15) is 13.2 Å². The molecule has 0 radical (unpaired) electrons. The van der Waals surface area contributed by atoms with Gasteiger partial charge in [0.15, 0.2) is 0 Å². The van der Waals surface area contributed by atoms with Crippen LogP contribution in [-0.4, -0.2) is 29.7 Å². The Morgan fingerprint density at radius 1 is 1.50 bits per heavy atom. The highest BCUT2D eigenvalue weighted by molar-refractivity contribution is 5.40. The van der Waals surface area contributed by atoms with Gasteiger partial charge < -0.3 is 4.90 Å². The standard InChI is InChI=1S/C8H12F3N5/c1-16(5-3-8(9,10)11)6-2-4-13-7(14-6)15-12/h2,4H,3,5,12H2,1H3,(H,13,14,15). The van der Waals surface area contributed by atoms with E-state index in [1.54, 1.807) is 0 Å². The molecule has 0 saturated carbocycles. The largest absolute Gasteiger partial charge is 0.390 e. The number of rotatable bonds is 4. The van der Waals surface area contributed by atoms with E-state index in [4.69, 9.17) is 5.84 Å². The molecule has 90 valence electrons. The summed E-state index contributed by atoms with van der Waals surface area (Å²) in [6, 6.07) is 1.51. The molecule has 1 heterocycles. The Morgan fingerprint density at radius 2 is 2.19 bits per heavy atom. The van der Waals surface area contributed by atoms with Crippen molar-refractivity contribution in [1.82, 2.24) is 9.97 Å². The maximum absolute atomic E-state index is 12.0. The molecule has 16 heavy (non-hydrogen) atoms. The molecular formula is C8H12F3N5. The van der Waals surface area contributed by atoms with Gasteiger partial charge >= 0.3 is 6.18 Å². The molecule has 8 heteroatoms. The van der Waals surface area contributed by atoms with Crippen molar-refractivity contribution < 1.29 is 13.2 Å². The molecule has 0 aliphatic carbocycles. The molecule has 5 nitrogen and oxygen atoms in total. The summed E-state index contributed by atoms with van der Waals surface area (Å²) < 4.78 is 36.0. The summed E-state index contributed by atoms with van der Waals surface area (Å²) in [6.45, 7) is -0.162. The lowest BCUT2D eigenvalue weighted by Crippen LogP contribution is -2.25. The minimum atomic E-state index is -4.17. The first kappa shape index (κ1) is 12.5. The van der Waals surface area contributed by atoms with E-state index in [1.165, 1.54) is 24.2 Å². The fraction of sp³-hybridized carbons (Fsp3) is 0.500. The van der Waals surface area contributed by atoms with Gasteiger partial charge in [-0.25, -0.2) is 10.8 Å². The van der Waals surface area contributed by atoms with Crippen LogP contribution in [0.15, 0.2) is 12.3 Å².